The summed E-state index contributed by atoms with van der Waals surface area (Å²) in [6.07, 6.45) is 3.66. The van der Waals surface area contributed by atoms with Crippen molar-refractivity contribution in [2.75, 3.05) is 11.9 Å². The highest BCUT2D eigenvalue weighted by Gasteiger charge is 2.15. The van der Waals surface area contributed by atoms with Gasteiger partial charge in [0.1, 0.15) is 11.4 Å². The average Bonchev–Trinajstić information content (AvgIpc) is 2.82. The van der Waals surface area contributed by atoms with Crippen molar-refractivity contribution in [2.45, 2.75) is 19.8 Å². The van der Waals surface area contributed by atoms with E-state index in [1.165, 1.54) is 0 Å². The van der Waals surface area contributed by atoms with E-state index in [0.717, 1.165) is 27.4 Å². The smallest absolute Gasteiger partial charge is 0.272 e. The van der Waals surface area contributed by atoms with E-state index in [4.69, 9.17) is 4.74 Å². The van der Waals surface area contributed by atoms with Crippen LogP contribution in [0.5, 0.6) is 5.75 Å². The maximum absolute atomic E-state index is 13.0. The van der Waals surface area contributed by atoms with E-state index in [1.54, 1.807) is 42.5 Å². The van der Waals surface area contributed by atoms with Gasteiger partial charge in [-0.3, -0.25) is 9.59 Å². The summed E-state index contributed by atoms with van der Waals surface area (Å²) in [5.41, 5.74) is 1.95. The predicted molar refractivity (Wildman–Crippen MR) is 139 cm³/mol. The van der Waals surface area contributed by atoms with Crippen LogP contribution in [0.15, 0.2) is 87.4 Å². The molecule has 0 heterocycles. The number of carbonyl (C=O) groups excluding carboxylic acids is 2. The second kappa shape index (κ2) is 12.4. The van der Waals surface area contributed by atoms with Gasteiger partial charge in [0.15, 0.2) is 0 Å². The van der Waals surface area contributed by atoms with Crippen molar-refractivity contribution in [3.8, 4) is 5.75 Å². The maximum Gasteiger partial charge on any atom is 0.272 e. The van der Waals surface area contributed by atoms with Crippen molar-refractivity contribution in [2.24, 2.45) is 0 Å². The molecule has 7 heteroatoms. The Balaban J connectivity index is 1.78. The molecule has 0 bridgehead atoms. The molecule has 0 saturated heterocycles. The molecule has 170 valence electrons. The number of hydrogen-bond donors (Lipinski definition) is 2. The molecule has 5 nitrogen and oxygen atoms in total. The zero-order chi connectivity index (χ0) is 23.6. The van der Waals surface area contributed by atoms with Gasteiger partial charge in [-0.05, 0) is 78.7 Å². The van der Waals surface area contributed by atoms with Crippen LogP contribution < -0.4 is 15.4 Å². The van der Waals surface area contributed by atoms with E-state index in [1.807, 2.05) is 36.4 Å². The number of halogens is 2. The minimum Gasteiger partial charge on any atom is -0.494 e. The van der Waals surface area contributed by atoms with Crippen LogP contribution in [0.3, 0.4) is 0 Å². The molecular formula is C26H24Br2N2O3. The molecule has 0 radical (unpaired) electrons. The topological polar surface area (TPSA) is 67.4 Å². The lowest BCUT2D eigenvalue weighted by atomic mass is 10.1. The fourth-order valence-corrected chi connectivity index (χ4v) is 3.38. The summed E-state index contributed by atoms with van der Waals surface area (Å²) < 4.78 is 7.48. The first-order valence-corrected chi connectivity index (χ1v) is 12.1. The van der Waals surface area contributed by atoms with Gasteiger partial charge in [-0.1, -0.05) is 57.3 Å². The van der Waals surface area contributed by atoms with Gasteiger partial charge in [0.25, 0.3) is 11.8 Å². The van der Waals surface area contributed by atoms with Crippen molar-refractivity contribution < 1.29 is 14.3 Å². The Morgan fingerprint density at radius 1 is 0.879 bits per heavy atom. The monoisotopic (exact) mass is 570 g/mol. The maximum atomic E-state index is 13.0. The number of amides is 2. The van der Waals surface area contributed by atoms with Gasteiger partial charge in [0, 0.05) is 20.2 Å². The molecule has 2 N–H and O–H groups in total. The lowest BCUT2D eigenvalue weighted by molar-refractivity contribution is -0.113. The molecule has 3 aromatic rings. The third-order valence-electron chi connectivity index (χ3n) is 4.66. The molecule has 33 heavy (non-hydrogen) atoms. The lowest BCUT2D eigenvalue weighted by Crippen LogP contribution is -2.30. The molecular weight excluding hydrogens is 548 g/mol. The minimum absolute atomic E-state index is 0.133. The lowest BCUT2D eigenvalue weighted by Gasteiger charge is -2.12. The van der Waals surface area contributed by atoms with E-state index < -0.39 is 5.91 Å². The fourth-order valence-electron chi connectivity index (χ4n) is 2.85. The number of unbranched alkanes of at least 4 members (excludes halogenated alkanes) is 1. The van der Waals surface area contributed by atoms with Crippen LogP contribution in [0.25, 0.3) is 6.08 Å². The molecule has 0 aliphatic heterocycles. The number of rotatable bonds is 9. The summed E-state index contributed by atoms with van der Waals surface area (Å²) in [6.45, 7) is 2.74. The first-order chi connectivity index (χ1) is 15.9. The van der Waals surface area contributed by atoms with Gasteiger partial charge in [0.2, 0.25) is 0 Å². The second-order valence-corrected chi connectivity index (χ2v) is 9.08. The molecule has 3 rings (SSSR count). The van der Waals surface area contributed by atoms with Crippen molar-refractivity contribution in [1.82, 2.24) is 5.32 Å². The van der Waals surface area contributed by atoms with Crippen LogP contribution in [0.4, 0.5) is 5.69 Å². The number of anilines is 1. The second-order valence-electron chi connectivity index (χ2n) is 7.25. The number of hydrogen-bond acceptors (Lipinski definition) is 3. The van der Waals surface area contributed by atoms with Gasteiger partial charge in [-0.2, -0.15) is 0 Å². The van der Waals surface area contributed by atoms with Gasteiger partial charge in [0.05, 0.1) is 6.61 Å². The van der Waals surface area contributed by atoms with Gasteiger partial charge in [-0.25, -0.2) is 0 Å². The van der Waals surface area contributed by atoms with E-state index in [9.17, 15) is 9.59 Å². The number of nitrogens with one attached hydrogen (secondary N) is 2. The van der Waals surface area contributed by atoms with E-state index in [2.05, 4.69) is 49.4 Å². The van der Waals surface area contributed by atoms with E-state index in [-0.39, 0.29) is 11.6 Å². The molecule has 0 atom stereocenters. The Morgan fingerprint density at radius 2 is 1.48 bits per heavy atom. The standard InChI is InChI=1S/C26H24Br2N2O3/c1-2-3-16-33-23-14-6-19(7-15-23)25(31)30-24(17-18-4-8-20(27)9-5-18)26(32)29-22-12-10-21(28)11-13-22/h4-15,17H,2-3,16H2,1H3,(H,29,32)(H,30,31). The number of carbonyl (C=O) groups is 2. The van der Waals surface area contributed by atoms with Crippen LogP contribution >= 0.6 is 31.9 Å². The zero-order valence-corrected chi connectivity index (χ0v) is 21.3. The highest BCUT2D eigenvalue weighted by molar-refractivity contribution is 9.10. The molecule has 0 saturated carbocycles. The Labute approximate surface area is 210 Å². The SMILES string of the molecule is CCCCOc1ccc(C(=O)NC(=Cc2ccc(Br)cc2)C(=O)Nc2ccc(Br)cc2)cc1. The van der Waals surface area contributed by atoms with Gasteiger partial charge < -0.3 is 15.4 Å². The summed E-state index contributed by atoms with van der Waals surface area (Å²) >= 11 is 6.78. The summed E-state index contributed by atoms with van der Waals surface area (Å²) in [5, 5.41) is 5.57. The van der Waals surface area contributed by atoms with Crippen molar-refractivity contribution in [3.05, 3.63) is 98.6 Å². The highest BCUT2D eigenvalue weighted by atomic mass is 79.9. The van der Waals surface area contributed by atoms with Crippen LogP contribution in [-0.2, 0) is 4.79 Å². The van der Waals surface area contributed by atoms with Crippen LogP contribution in [0, 0.1) is 0 Å². The molecule has 0 fully saturated rings. The molecule has 0 aliphatic carbocycles. The van der Waals surface area contributed by atoms with Crippen molar-refractivity contribution in [1.29, 1.82) is 0 Å². The van der Waals surface area contributed by atoms with Crippen molar-refractivity contribution >= 4 is 55.4 Å². The first-order valence-electron chi connectivity index (χ1n) is 10.5. The predicted octanol–water partition coefficient (Wildman–Crippen LogP) is 6.80. The molecule has 2 amide bonds. The normalized spacial score (nSPS) is 11.1. The van der Waals surface area contributed by atoms with Crippen molar-refractivity contribution in [3.63, 3.8) is 0 Å². The van der Waals surface area contributed by atoms with Crippen LogP contribution in [-0.4, -0.2) is 18.4 Å². The van der Waals surface area contributed by atoms with E-state index >= 15 is 0 Å². The third kappa shape index (κ3) is 7.87. The third-order valence-corrected chi connectivity index (χ3v) is 5.72. The van der Waals surface area contributed by atoms with Gasteiger partial charge >= 0.3 is 0 Å². The van der Waals surface area contributed by atoms with Crippen LogP contribution in [0.1, 0.15) is 35.7 Å². The van der Waals surface area contributed by atoms with E-state index in [0.29, 0.717) is 23.6 Å². The molecule has 0 aliphatic rings. The Bertz CT molecular complexity index is 1110. The first kappa shape index (κ1) is 24.7. The fraction of sp³-hybridized carbons (Fsp3) is 0.154. The minimum atomic E-state index is -0.423. The van der Waals surface area contributed by atoms with Gasteiger partial charge in [-0.15, -0.1) is 0 Å². The average molecular weight is 572 g/mol. The highest BCUT2D eigenvalue weighted by Crippen LogP contribution is 2.17. The number of ether oxygens (including phenoxy) is 1. The van der Waals surface area contributed by atoms with Crippen LogP contribution in [0.2, 0.25) is 0 Å². The Kier molecular flexibility index (Phi) is 9.27. The largest absolute Gasteiger partial charge is 0.494 e. The molecule has 0 unspecified atom stereocenters. The molecule has 3 aromatic carbocycles. The molecule has 0 aromatic heterocycles. The number of benzene rings is 3. The summed E-state index contributed by atoms with van der Waals surface area (Å²) in [7, 11) is 0. The summed E-state index contributed by atoms with van der Waals surface area (Å²) in [6, 6.07) is 21.5. The Hall–Kier alpha value is -2.90. The molecule has 0 spiro atoms. The Morgan fingerprint density at radius 3 is 2.09 bits per heavy atom. The summed E-state index contributed by atoms with van der Waals surface area (Å²) in [5.74, 6) is -0.101. The quantitative estimate of drug-likeness (QED) is 0.219. The summed E-state index contributed by atoms with van der Waals surface area (Å²) in [4.78, 5) is 25.9. The zero-order valence-electron chi connectivity index (χ0n) is 18.1.